The van der Waals surface area contributed by atoms with E-state index in [1.165, 1.54) is 12.0 Å². The summed E-state index contributed by atoms with van der Waals surface area (Å²) in [5.41, 5.74) is 5.56. The highest BCUT2D eigenvalue weighted by Crippen LogP contribution is 2.37. The third kappa shape index (κ3) is 5.61. The Morgan fingerprint density at radius 3 is 2.17 bits per heavy atom. The van der Waals surface area contributed by atoms with Gasteiger partial charge in [-0.2, -0.15) is 0 Å². The van der Waals surface area contributed by atoms with Crippen LogP contribution >= 0.6 is 11.8 Å². The number of likely N-dealkylation sites (tertiary alicyclic amines) is 1. The molecule has 0 bridgehead atoms. The molecule has 0 spiro atoms. The van der Waals surface area contributed by atoms with Gasteiger partial charge in [-0.05, 0) is 62.1 Å². The number of nitrogens with zero attached hydrogens (tertiary/aromatic N) is 1. The van der Waals surface area contributed by atoms with Crippen LogP contribution in [-0.2, 0) is 14.3 Å². The highest BCUT2D eigenvalue weighted by molar-refractivity contribution is 8.00. The van der Waals surface area contributed by atoms with E-state index in [1.807, 2.05) is 39.0 Å². The van der Waals surface area contributed by atoms with E-state index < -0.39 is 23.7 Å². The van der Waals surface area contributed by atoms with Gasteiger partial charge < -0.3 is 13.9 Å². The van der Waals surface area contributed by atoms with Gasteiger partial charge >= 0.3 is 12.1 Å². The summed E-state index contributed by atoms with van der Waals surface area (Å²) < 4.78 is 16.8. The Balaban J connectivity index is 1.16. The van der Waals surface area contributed by atoms with Crippen LogP contribution in [0, 0.1) is 0 Å². The molecule has 2 atom stereocenters. The number of fused-ring (bicyclic) bond motifs is 3. The minimum atomic E-state index is -0.648. The van der Waals surface area contributed by atoms with Crippen molar-refractivity contribution in [3.05, 3.63) is 91.0 Å². The highest BCUT2D eigenvalue weighted by Gasteiger charge is 2.42. The summed E-state index contributed by atoms with van der Waals surface area (Å²) in [6.07, 6.45) is 0.0222. The molecule has 1 aliphatic rings. The molecule has 1 amide bonds. The molecule has 42 heavy (non-hydrogen) atoms. The average Bonchev–Trinajstić information content (AvgIpc) is 3.58. The van der Waals surface area contributed by atoms with Gasteiger partial charge in [0.25, 0.3) is 0 Å². The maximum absolute atomic E-state index is 12.8. The molecule has 214 valence electrons. The van der Waals surface area contributed by atoms with Crippen molar-refractivity contribution in [1.82, 2.24) is 4.90 Å². The number of furan rings is 1. The van der Waals surface area contributed by atoms with E-state index in [2.05, 4.69) is 72.8 Å². The predicted molar refractivity (Wildman–Crippen MR) is 168 cm³/mol. The Bertz CT molecular complexity index is 1750. The number of ether oxygens (including phenoxy) is 2. The maximum Gasteiger partial charge on any atom is 0.411 e. The number of esters is 1. The van der Waals surface area contributed by atoms with Crippen molar-refractivity contribution in [2.75, 3.05) is 13.7 Å². The quantitative estimate of drug-likeness (QED) is 0.194. The Labute approximate surface area is 249 Å². The van der Waals surface area contributed by atoms with Crippen LogP contribution in [-0.4, -0.2) is 47.5 Å². The summed E-state index contributed by atoms with van der Waals surface area (Å²) in [6, 6.07) is 30.7. The summed E-state index contributed by atoms with van der Waals surface area (Å²) in [6.45, 7) is 5.87. The zero-order chi connectivity index (χ0) is 29.4. The second-order valence-electron chi connectivity index (χ2n) is 11.5. The molecular formula is C35H33NO5S. The second kappa shape index (κ2) is 11.2. The van der Waals surface area contributed by atoms with Gasteiger partial charge in [-0.3, -0.25) is 4.90 Å². The molecule has 0 saturated carbocycles. The van der Waals surface area contributed by atoms with Crippen molar-refractivity contribution in [3.63, 3.8) is 0 Å². The van der Waals surface area contributed by atoms with Crippen molar-refractivity contribution in [2.24, 2.45) is 0 Å². The van der Waals surface area contributed by atoms with E-state index in [0.29, 0.717) is 13.0 Å². The van der Waals surface area contributed by atoms with E-state index in [9.17, 15) is 9.59 Å². The molecule has 6 rings (SSSR count). The van der Waals surface area contributed by atoms with Crippen LogP contribution in [0.5, 0.6) is 0 Å². The zero-order valence-corrected chi connectivity index (χ0v) is 24.9. The first kappa shape index (κ1) is 27.9. The van der Waals surface area contributed by atoms with Crippen molar-refractivity contribution >= 4 is 45.8 Å². The van der Waals surface area contributed by atoms with Gasteiger partial charge in [0.15, 0.2) is 0 Å². The van der Waals surface area contributed by atoms with Crippen molar-refractivity contribution in [1.29, 1.82) is 0 Å². The van der Waals surface area contributed by atoms with Gasteiger partial charge in [0.05, 0.1) is 7.11 Å². The van der Waals surface area contributed by atoms with Crippen LogP contribution in [0.2, 0.25) is 0 Å². The fourth-order valence-corrected chi connectivity index (χ4v) is 6.69. The summed E-state index contributed by atoms with van der Waals surface area (Å²) in [7, 11) is 1.35. The van der Waals surface area contributed by atoms with E-state index in [0.717, 1.165) is 49.1 Å². The number of carbonyl (C=O) groups excluding carboxylic acids is 2. The van der Waals surface area contributed by atoms with Crippen molar-refractivity contribution < 1.29 is 23.5 Å². The third-order valence-electron chi connectivity index (χ3n) is 7.45. The third-order valence-corrected chi connectivity index (χ3v) is 8.67. The summed E-state index contributed by atoms with van der Waals surface area (Å²) in [4.78, 5) is 27.8. The maximum atomic E-state index is 12.8. The van der Waals surface area contributed by atoms with Gasteiger partial charge in [-0.1, -0.05) is 72.8 Å². The number of rotatable bonds is 5. The standard InChI is InChI=1S/C35H33NO5S/c1-35(2,3)41-34(38)36-21-26(20-30(36)33(37)39-4)42-25-18-16-23(17-19-25)22-12-14-24(15-13-22)27-9-7-10-29-28-8-5-6-11-31(28)40-32(27)29/h5-19,26,30H,20-21H2,1-4H3. The van der Waals surface area contributed by atoms with Gasteiger partial charge in [-0.15, -0.1) is 11.8 Å². The number of hydrogen-bond donors (Lipinski definition) is 0. The van der Waals surface area contributed by atoms with Crippen LogP contribution in [0.25, 0.3) is 44.2 Å². The largest absolute Gasteiger partial charge is 0.467 e. The highest BCUT2D eigenvalue weighted by atomic mass is 32.2. The SMILES string of the molecule is COC(=O)C1CC(Sc2ccc(-c3ccc(-c4cccc5c4oc4ccccc45)cc3)cc2)CN1C(=O)OC(C)(C)C. The first-order valence-corrected chi connectivity index (χ1v) is 14.9. The van der Waals surface area contributed by atoms with Gasteiger partial charge in [-0.25, -0.2) is 9.59 Å². The Morgan fingerprint density at radius 2 is 1.48 bits per heavy atom. The second-order valence-corrected chi connectivity index (χ2v) is 12.9. The number of carbonyl (C=O) groups is 2. The molecule has 0 aliphatic carbocycles. The van der Waals surface area contributed by atoms with E-state index in [4.69, 9.17) is 13.9 Å². The van der Waals surface area contributed by atoms with Gasteiger partial charge in [0.1, 0.15) is 22.8 Å². The van der Waals surface area contributed by atoms with E-state index in [-0.39, 0.29) is 5.25 Å². The summed E-state index contributed by atoms with van der Waals surface area (Å²) in [5, 5.41) is 2.29. The molecule has 2 unspecified atom stereocenters. The predicted octanol–water partition coefficient (Wildman–Crippen LogP) is 8.56. The topological polar surface area (TPSA) is 69.0 Å². The molecule has 1 aliphatic heterocycles. The van der Waals surface area contributed by atoms with Gasteiger partial charge in [0.2, 0.25) is 0 Å². The molecule has 0 radical (unpaired) electrons. The van der Waals surface area contributed by atoms with Crippen LogP contribution in [0.3, 0.4) is 0 Å². The number of hydrogen-bond acceptors (Lipinski definition) is 6. The lowest BCUT2D eigenvalue weighted by Crippen LogP contribution is -2.43. The van der Waals surface area contributed by atoms with Crippen molar-refractivity contribution in [3.8, 4) is 22.3 Å². The Kier molecular flexibility index (Phi) is 7.45. The van der Waals surface area contributed by atoms with E-state index in [1.54, 1.807) is 11.8 Å². The summed E-state index contributed by atoms with van der Waals surface area (Å²) in [5.74, 6) is -0.417. The molecule has 5 aromatic rings. The number of thioether (sulfide) groups is 1. The average molecular weight is 580 g/mol. The van der Waals surface area contributed by atoms with E-state index >= 15 is 0 Å². The number of amides is 1. The van der Waals surface area contributed by atoms with Crippen LogP contribution in [0.4, 0.5) is 4.79 Å². The lowest BCUT2D eigenvalue weighted by atomic mass is 9.99. The van der Waals surface area contributed by atoms with Crippen LogP contribution in [0.15, 0.2) is 100 Å². The van der Waals surface area contributed by atoms with Crippen molar-refractivity contribution in [2.45, 2.75) is 49.0 Å². The molecule has 6 nitrogen and oxygen atoms in total. The smallest absolute Gasteiger partial charge is 0.411 e. The lowest BCUT2D eigenvalue weighted by molar-refractivity contribution is -0.145. The fourth-order valence-electron chi connectivity index (χ4n) is 5.50. The minimum Gasteiger partial charge on any atom is -0.467 e. The summed E-state index contributed by atoms with van der Waals surface area (Å²) >= 11 is 1.66. The molecule has 0 N–H and O–H groups in total. The number of benzene rings is 4. The molecule has 4 aromatic carbocycles. The minimum absolute atomic E-state index is 0.0488. The fraction of sp³-hybridized carbons (Fsp3) is 0.257. The zero-order valence-electron chi connectivity index (χ0n) is 24.1. The molecular weight excluding hydrogens is 546 g/mol. The molecule has 1 aromatic heterocycles. The first-order valence-electron chi connectivity index (χ1n) is 14.1. The Morgan fingerprint density at radius 1 is 0.833 bits per heavy atom. The normalized spacial score (nSPS) is 17.1. The first-order chi connectivity index (χ1) is 20.2. The van der Waals surface area contributed by atoms with Crippen LogP contribution in [0.1, 0.15) is 27.2 Å². The van der Waals surface area contributed by atoms with Crippen LogP contribution < -0.4 is 0 Å². The molecule has 2 heterocycles. The molecule has 1 saturated heterocycles. The number of methoxy groups -OCH3 is 1. The monoisotopic (exact) mass is 579 g/mol. The van der Waals surface area contributed by atoms with Gasteiger partial charge in [0, 0.05) is 33.0 Å². The molecule has 1 fully saturated rings. The molecule has 7 heteroatoms. The Hall–Kier alpha value is -4.23. The number of para-hydroxylation sites is 2. The lowest BCUT2D eigenvalue weighted by Gasteiger charge is -2.27.